The Hall–Kier alpha value is -1.11. The van der Waals surface area contributed by atoms with Crippen LogP contribution in [-0.4, -0.2) is 48.8 Å². The number of urea groups is 1. The number of amides is 2. The van der Waals surface area contributed by atoms with Gasteiger partial charge in [0.25, 0.3) is 0 Å². The molecular weight excluding hydrogens is 286 g/mol. The van der Waals surface area contributed by atoms with Crippen LogP contribution in [-0.2, 0) is 13.0 Å². The van der Waals surface area contributed by atoms with E-state index in [1.807, 2.05) is 11.3 Å². The van der Waals surface area contributed by atoms with E-state index in [0.29, 0.717) is 13.1 Å². The lowest BCUT2D eigenvalue weighted by molar-refractivity contribution is 0.201. The molecule has 6 heteroatoms. The molecule has 2 aliphatic rings. The Morgan fingerprint density at radius 3 is 3.05 bits per heavy atom. The van der Waals surface area contributed by atoms with Gasteiger partial charge < -0.3 is 15.7 Å². The topological polar surface area (TPSA) is 64.6 Å². The molecule has 116 valence electrons. The number of aliphatic hydroxyl groups excluding tert-OH is 1. The molecule has 0 radical (unpaired) electrons. The molecule has 0 unspecified atom stereocenters. The van der Waals surface area contributed by atoms with E-state index in [1.165, 1.54) is 10.4 Å². The SMILES string of the molecule is O=C(NCCN1CCc2sccc2C1)NCC1(CO)CC1. The molecule has 1 aromatic rings. The van der Waals surface area contributed by atoms with Crippen LogP contribution in [0.15, 0.2) is 11.4 Å². The maximum atomic E-state index is 11.7. The van der Waals surface area contributed by atoms with Gasteiger partial charge in [0, 0.05) is 43.0 Å². The Kier molecular flexibility index (Phi) is 4.47. The number of aliphatic hydroxyl groups is 1. The number of nitrogens with one attached hydrogen (secondary N) is 2. The molecule has 0 bridgehead atoms. The van der Waals surface area contributed by atoms with Crippen molar-refractivity contribution >= 4 is 17.4 Å². The molecule has 0 aromatic carbocycles. The molecule has 0 saturated heterocycles. The zero-order valence-corrected chi connectivity index (χ0v) is 13.0. The lowest BCUT2D eigenvalue weighted by Gasteiger charge is -2.26. The number of carbonyl (C=O) groups excluding carboxylic acids is 1. The van der Waals surface area contributed by atoms with E-state index in [2.05, 4.69) is 27.0 Å². The monoisotopic (exact) mass is 309 g/mol. The van der Waals surface area contributed by atoms with Crippen molar-refractivity contribution < 1.29 is 9.90 Å². The average molecular weight is 309 g/mol. The third-order valence-electron chi connectivity index (χ3n) is 4.52. The van der Waals surface area contributed by atoms with E-state index in [4.69, 9.17) is 0 Å². The Balaban J connectivity index is 1.32. The van der Waals surface area contributed by atoms with Crippen molar-refractivity contribution in [2.45, 2.75) is 25.8 Å². The van der Waals surface area contributed by atoms with Crippen molar-refractivity contribution in [3.05, 3.63) is 21.9 Å². The quantitative estimate of drug-likeness (QED) is 0.739. The van der Waals surface area contributed by atoms with E-state index >= 15 is 0 Å². The summed E-state index contributed by atoms with van der Waals surface area (Å²) in [4.78, 5) is 15.6. The van der Waals surface area contributed by atoms with Gasteiger partial charge in [-0.15, -0.1) is 11.3 Å². The van der Waals surface area contributed by atoms with Gasteiger partial charge in [0.1, 0.15) is 0 Å². The van der Waals surface area contributed by atoms with Gasteiger partial charge in [-0.2, -0.15) is 0 Å². The van der Waals surface area contributed by atoms with Crippen LogP contribution >= 0.6 is 11.3 Å². The molecule has 1 saturated carbocycles. The van der Waals surface area contributed by atoms with Gasteiger partial charge in [-0.1, -0.05) is 0 Å². The van der Waals surface area contributed by atoms with E-state index in [-0.39, 0.29) is 18.1 Å². The molecule has 0 spiro atoms. The summed E-state index contributed by atoms with van der Waals surface area (Å²) in [6.07, 6.45) is 3.15. The van der Waals surface area contributed by atoms with Gasteiger partial charge in [-0.3, -0.25) is 4.90 Å². The molecule has 2 heterocycles. The van der Waals surface area contributed by atoms with Crippen molar-refractivity contribution in [3.8, 4) is 0 Å². The Morgan fingerprint density at radius 1 is 1.43 bits per heavy atom. The fraction of sp³-hybridized carbons (Fsp3) is 0.667. The second-order valence-corrected chi connectivity index (χ2v) is 7.16. The Bertz CT molecular complexity index is 499. The van der Waals surface area contributed by atoms with Crippen LogP contribution in [0, 0.1) is 5.41 Å². The van der Waals surface area contributed by atoms with Gasteiger partial charge >= 0.3 is 6.03 Å². The highest BCUT2D eigenvalue weighted by molar-refractivity contribution is 7.10. The maximum absolute atomic E-state index is 11.7. The van der Waals surface area contributed by atoms with Crippen molar-refractivity contribution in [2.24, 2.45) is 5.41 Å². The number of carbonyl (C=O) groups is 1. The highest BCUT2D eigenvalue weighted by Gasteiger charge is 2.42. The molecule has 1 aliphatic heterocycles. The summed E-state index contributed by atoms with van der Waals surface area (Å²) in [5.74, 6) is 0. The summed E-state index contributed by atoms with van der Waals surface area (Å²) in [5.41, 5.74) is 1.41. The number of thiophene rings is 1. The van der Waals surface area contributed by atoms with Crippen LogP contribution in [0.5, 0.6) is 0 Å². The lowest BCUT2D eigenvalue weighted by Crippen LogP contribution is -2.43. The minimum atomic E-state index is -0.122. The zero-order valence-electron chi connectivity index (χ0n) is 12.2. The zero-order chi connectivity index (χ0) is 14.7. The van der Waals surface area contributed by atoms with Crippen molar-refractivity contribution in [1.29, 1.82) is 0 Å². The smallest absolute Gasteiger partial charge is 0.314 e. The second kappa shape index (κ2) is 6.34. The van der Waals surface area contributed by atoms with Crippen molar-refractivity contribution in [1.82, 2.24) is 15.5 Å². The van der Waals surface area contributed by atoms with Crippen LogP contribution in [0.1, 0.15) is 23.3 Å². The predicted octanol–water partition coefficient (Wildman–Crippen LogP) is 1.18. The number of hydrogen-bond donors (Lipinski definition) is 3. The van der Waals surface area contributed by atoms with E-state index in [9.17, 15) is 9.90 Å². The van der Waals surface area contributed by atoms with Crippen LogP contribution in [0.3, 0.4) is 0 Å². The summed E-state index contributed by atoms with van der Waals surface area (Å²) in [5, 5.41) is 17.1. The molecule has 3 rings (SSSR count). The first-order valence-electron chi connectivity index (χ1n) is 7.61. The second-order valence-electron chi connectivity index (χ2n) is 6.16. The number of fused-ring (bicyclic) bond motifs is 1. The standard InChI is InChI=1S/C15H23N3O2S/c19-11-15(3-4-15)10-17-14(20)16-5-7-18-6-1-13-12(9-18)2-8-21-13/h2,8,19H,1,3-7,9-11H2,(H2,16,17,20). The normalized spacial score (nSPS) is 19.9. The Morgan fingerprint density at radius 2 is 2.29 bits per heavy atom. The summed E-state index contributed by atoms with van der Waals surface area (Å²) >= 11 is 1.85. The first-order valence-corrected chi connectivity index (χ1v) is 8.49. The molecule has 2 amide bonds. The number of hydrogen-bond acceptors (Lipinski definition) is 4. The Labute approximate surface area is 129 Å². The van der Waals surface area contributed by atoms with Gasteiger partial charge in [-0.25, -0.2) is 4.79 Å². The van der Waals surface area contributed by atoms with Crippen LogP contribution in [0.25, 0.3) is 0 Å². The fourth-order valence-corrected chi connectivity index (χ4v) is 3.61. The highest BCUT2D eigenvalue weighted by atomic mass is 32.1. The largest absolute Gasteiger partial charge is 0.396 e. The summed E-state index contributed by atoms with van der Waals surface area (Å²) in [7, 11) is 0. The summed E-state index contributed by atoms with van der Waals surface area (Å²) < 4.78 is 0. The lowest BCUT2D eigenvalue weighted by atomic mass is 10.1. The first kappa shape index (κ1) is 14.8. The molecule has 5 nitrogen and oxygen atoms in total. The van der Waals surface area contributed by atoms with Crippen LogP contribution < -0.4 is 10.6 Å². The molecule has 0 atom stereocenters. The predicted molar refractivity (Wildman–Crippen MR) is 83.5 cm³/mol. The number of rotatable bonds is 6. The average Bonchev–Trinajstić information content (AvgIpc) is 3.14. The molecule has 21 heavy (non-hydrogen) atoms. The van der Waals surface area contributed by atoms with Crippen molar-refractivity contribution in [2.75, 3.05) is 32.8 Å². The van der Waals surface area contributed by atoms with Crippen LogP contribution in [0.4, 0.5) is 4.79 Å². The van der Waals surface area contributed by atoms with E-state index in [1.54, 1.807) is 0 Å². The van der Waals surface area contributed by atoms with E-state index < -0.39 is 0 Å². The first-order chi connectivity index (χ1) is 10.2. The van der Waals surface area contributed by atoms with Gasteiger partial charge in [0.05, 0.1) is 6.61 Å². The van der Waals surface area contributed by atoms with Crippen molar-refractivity contribution in [3.63, 3.8) is 0 Å². The molecule has 3 N–H and O–H groups in total. The van der Waals surface area contributed by atoms with Crippen LogP contribution in [0.2, 0.25) is 0 Å². The minimum absolute atomic E-state index is 0.0282. The third kappa shape index (κ3) is 3.75. The third-order valence-corrected chi connectivity index (χ3v) is 5.54. The number of nitrogens with zero attached hydrogens (tertiary/aromatic N) is 1. The molecule has 1 aromatic heterocycles. The molecule has 1 fully saturated rings. The van der Waals surface area contributed by atoms with Gasteiger partial charge in [0.15, 0.2) is 0 Å². The van der Waals surface area contributed by atoms with Gasteiger partial charge in [0.2, 0.25) is 0 Å². The van der Waals surface area contributed by atoms with E-state index in [0.717, 1.165) is 38.9 Å². The maximum Gasteiger partial charge on any atom is 0.314 e. The minimum Gasteiger partial charge on any atom is -0.396 e. The molecule has 1 aliphatic carbocycles. The summed E-state index contributed by atoms with van der Waals surface area (Å²) in [6.45, 7) is 4.37. The molecular formula is C15H23N3O2S. The van der Waals surface area contributed by atoms with Gasteiger partial charge in [-0.05, 0) is 36.3 Å². The summed E-state index contributed by atoms with van der Waals surface area (Å²) in [6, 6.07) is 2.08. The highest BCUT2D eigenvalue weighted by Crippen LogP contribution is 2.44. The fourth-order valence-electron chi connectivity index (χ4n) is 2.72.